The lowest BCUT2D eigenvalue weighted by atomic mass is 9.79. The van der Waals surface area contributed by atoms with E-state index in [0.717, 1.165) is 25.1 Å². The zero-order valence-corrected chi connectivity index (χ0v) is 11.0. The molecule has 0 saturated carbocycles. The predicted molar refractivity (Wildman–Crippen MR) is 69.6 cm³/mol. The Bertz CT molecular complexity index is 518. The normalized spacial score (nSPS) is 26.5. The van der Waals surface area contributed by atoms with Gasteiger partial charge in [-0.1, -0.05) is 24.3 Å². The third-order valence-corrected chi connectivity index (χ3v) is 4.20. The lowest BCUT2D eigenvalue weighted by Crippen LogP contribution is -2.49. The van der Waals surface area contributed by atoms with Crippen LogP contribution < -0.4 is 0 Å². The second kappa shape index (κ2) is 4.78. The first-order chi connectivity index (χ1) is 9.22. The topological polar surface area (TPSA) is 46.6 Å². The number of carbonyl (C=O) groups excluding carboxylic acids is 2. The fraction of sp³-hybridized carbons (Fsp3) is 0.467. The molecule has 19 heavy (non-hydrogen) atoms. The Balaban J connectivity index is 2.06. The number of nitrogens with zero attached hydrogens (tertiary/aromatic N) is 1. The van der Waals surface area contributed by atoms with Crippen LogP contribution in [0.4, 0.5) is 0 Å². The van der Waals surface area contributed by atoms with Gasteiger partial charge in [0.15, 0.2) is 0 Å². The van der Waals surface area contributed by atoms with E-state index in [0.29, 0.717) is 6.42 Å². The molecule has 0 amide bonds. The van der Waals surface area contributed by atoms with Crippen LogP contribution in [0.1, 0.15) is 23.6 Å². The summed E-state index contributed by atoms with van der Waals surface area (Å²) in [5.41, 5.74) is 2.35. The largest absolute Gasteiger partial charge is 0.468 e. The first-order valence-electron chi connectivity index (χ1n) is 6.65. The van der Waals surface area contributed by atoms with Gasteiger partial charge < -0.3 is 4.74 Å². The molecule has 0 N–H and O–H groups in total. The fourth-order valence-corrected chi connectivity index (χ4v) is 3.26. The molecule has 0 aromatic heterocycles. The Kier molecular flexibility index (Phi) is 3.11. The van der Waals surface area contributed by atoms with E-state index in [1.54, 1.807) is 0 Å². The van der Waals surface area contributed by atoms with Crippen LogP contribution >= 0.6 is 0 Å². The van der Waals surface area contributed by atoms with E-state index in [1.807, 2.05) is 18.2 Å². The smallest absolute Gasteiger partial charge is 0.318 e. The van der Waals surface area contributed by atoms with E-state index in [1.165, 1.54) is 12.7 Å². The number of fused-ring (bicyclic) bond motifs is 3. The molecule has 0 radical (unpaired) electrons. The van der Waals surface area contributed by atoms with E-state index in [9.17, 15) is 9.59 Å². The number of benzene rings is 1. The molecule has 0 aliphatic carbocycles. The Morgan fingerprint density at radius 1 is 1.26 bits per heavy atom. The monoisotopic (exact) mass is 259 g/mol. The van der Waals surface area contributed by atoms with Crippen molar-refractivity contribution in [3.05, 3.63) is 35.4 Å². The standard InChI is InChI=1S/C15H17NO3/c1-19-15(18)13-12(17)7-9-16-8-6-10-4-2-3-5-11(10)14(13)16/h2-5,13-14H,6-9H2,1H3. The van der Waals surface area contributed by atoms with Crippen molar-refractivity contribution in [3.63, 3.8) is 0 Å². The maximum absolute atomic E-state index is 12.1. The van der Waals surface area contributed by atoms with Gasteiger partial charge in [-0.15, -0.1) is 0 Å². The molecule has 1 aromatic carbocycles. The lowest BCUT2D eigenvalue weighted by molar-refractivity contribution is -0.155. The average Bonchev–Trinajstić information content (AvgIpc) is 2.46. The van der Waals surface area contributed by atoms with Crippen LogP contribution in [0.2, 0.25) is 0 Å². The van der Waals surface area contributed by atoms with E-state index in [2.05, 4.69) is 11.0 Å². The lowest BCUT2D eigenvalue weighted by Gasteiger charge is -2.43. The molecule has 1 fully saturated rings. The number of ether oxygens (including phenoxy) is 1. The minimum Gasteiger partial charge on any atom is -0.468 e. The highest BCUT2D eigenvalue weighted by Gasteiger charge is 2.45. The summed E-state index contributed by atoms with van der Waals surface area (Å²) >= 11 is 0. The fourth-order valence-electron chi connectivity index (χ4n) is 3.26. The summed E-state index contributed by atoms with van der Waals surface area (Å²) in [7, 11) is 1.35. The maximum atomic E-state index is 12.1. The molecule has 1 saturated heterocycles. The van der Waals surface area contributed by atoms with Crippen LogP contribution in [0, 0.1) is 5.92 Å². The molecular weight excluding hydrogens is 242 g/mol. The van der Waals surface area contributed by atoms with E-state index in [4.69, 9.17) is 4.74 Å². The molecule has 2 unspecified atom stereocenters. The van der Waals surface area contributed by atoms with Crippen molar-refractivity contribution >= 4 is 11.8 Å². The Morgan fingerprint density at radius 3 is 2.79 bits per heavy atom. The minimum atomic E-state index is -0.666. The Labute approximate surface area is 112 Å². The zero-order valence-electron chi connectivity index (χ0n) is 11.0. The minimum absolute atomic E-state index is 0.00445. The number of hydrogen-bond donors (Lipinski definition) is 0. The summed E-state index contributed by atoms with van der Waals surface area (Å²) in [5, 5.41) is 0. The number of esters is 1. The summed E-state index contributed by atoms with van der Waals surface area (Å²) in [5.74, 6) is -1.07. The van der Waals surface area contributed by atoms with Crippen molar-refractivity contribution in [3.8, 4) is 0 Å². The molecule has 4 nitrogen and oxygen atoms in total. The quantitative estimate of drug-likeness (QED) is 0.564. The summed E-state index contributed by atoms with van der Waals surface area (Å²) in [6.45, 7) is 1.65. The summed E-state index contributed by atoms with van der Waals surface area (Å²) < 4.78 is 4.84. The first-order valence-corrected chi connectivity index (χ1v) is 6.65. The molecule has 2 aliphatic rings. The van der Waals surface area contributed by atoms with E-state index in [-0.39, 0.29) is 11.8 Å². The van der Waals surface area contributed by atoms with Crippen molar-refractivity contribution in [1.82, 2.24) is 4.90 Å². The van der Waals surface area contributed by atoms with Gasteiger partial charge in [0.2, 0.25) is 0 Å². The third kappa shape index (κ3) is 1.96. The number of methoxy groups -OCH3 is 1. The second-order valence-electron chi connectivity index (χ2n) is 5.15. The number of ketones is 1. The van der Waals surface area contributed by atoms with Gasteiger partial charge in [-0.3, -0.25) is 14.5 Å². The number of carbonyl (C=O) groups is 2. The highest BCUT2D eigenvalue weighted by Crippen LogP contribution is 2.39. The maximum Gasteiger partial charge on any atom is 0.318 e. The van der Waals surface area contributed by atoms with Crippen molar-refractivity contribution in [2.75, 3.05) is 20.2 Å². The number of Topliss-reactive ketones (excluding diaryl/α,β-unsaturated/α-hetero) is 1. The van der Waals surface area contributed by atoms with Gasteiger partial charge in [-0.25, -0.2) is 0 Å². The first kappa shape index (κ1) is 12.4. The molecule has 100 valence electrons. The highest BCUT2D eigenvalue weighted by molar-refractivity contribution is 6.00. The SMILES string of the molecule is COC(=O)C1C(=O)CCN2CCc3ccccc3C12. The van der Waals surface area contributed by atoms with Gasteiger partial charge in [-0.2, -0.15) is 0 Å². The summed E-state index contributed by atoms with van der Waals surface area (Å²) in [6, 6.07) is 7.95. The van der Waals surface area contributed by atoms with Crippen LogP contribution in [0.3, 0.4) is 0 Å². The third-order valence-electron chi connectivity index (χ3n) is 4.20. The molecule has 2 heterocycles. The van der Waals surface area contributed by atoms with Crippen molar-refractivity contribution < 1.29 is 14.3 Å². The number of rotatable bonds is 1. The molecule has 2 aliphatic heterocycles. The second-order valence-corrected chi connectivity index (χ2v) is 5.15. The molecule has 0 spiro atoms. The molecule has 0 bridgehead atoms. The van der Waals surface area contributed by atoms with Gasteiger partial charge >= 0.3 is 5.97 Å². The van der Waals surface area contributed by atoms with Crippen LogP contribution in [-0.2, 0) is 20.7 Å². The summed E-state index contributed by atoms with van der Waals surface area (Å²) in [6.07, 6.45) is 1.42. The highest BCUT2D eigenvalue weighted by atomic mass is 16.5. The molecule has 3 rings (SSSR count). The summed E-state index contributed by atoms with van der Waals surface area (Å²) in [4.78, 5) is 26.3. The van der Waals surface area contributed by atoms with Crippen LogP contribution in [0.15, 0.2) is 24.3 Å². The van der Waals surface area contributed by atoms with Crippen LogP contribution in [0.25, 0.3) is 0 Å². The Hall–Kier alpha value is -1.68. The van der Waals surface area contributed by atoms with Crippen LogP contribution in [0.5, 0.6) is 0 Å². The molecule has 4 heteroatoms. The molecule has 2 atom stereocenters. The number of hydrogen-bond acceptors (Lipinski definition) is 4. The van der Waals surface area contributed by atoms with E-state index < -0.39 is 11.9 Å². The average molecular weight is 259 g/mol. The van der Waals surface area contributed by atoms with Crippen molar-refractivity contribution in [1.29, 1.82) is 0 Å². The van der Waals surface area contributed by atoms with Gasteiger partial charge in [0.05, 0.1) is 13.2 Å². The molecule has 1 aromatic rings. The van der Waals surface area contributed by atoms with Crippen LogP contribution in [-0.4, -0.2) is 36.9 Å². The number of piperidine rings is 1. The predicted octanol–water partition coefficient (Wildman–Crippen LogP) is 1.35. The van der Waals surface area contributed by atoms with Crippen molar-refractivity contribution in [2.45, 2.75) is 18.9 Å². The van der Waals surface area contributed by atoms with Gasteiger partial charge in [0, 0.05) is 19.5 Å². The van der Waals surface area contributed by atoms with Crippen molar-refractivity contribution in [2.24, 2.45) is 5.92 Å². The zero-order chi connectivity index (χ0) is 13.4. The molecular formula is C15H17NO3. The van der Waals surface area contributed by atoms with E-state index >= 15 is 0 Å². The van der Waals surface area contributed by atoms with Gasteiger partial charge in [-0.05, 0) is 17.5 Å². The van der Waals surface area contributed by atoms with Gasteiger partial charge in [0.1, 0.15) is 11.7 Å². The Morgan fingerprint density at radius 2 is 2.00 bits per heavy atom. The van der Waals surface area contributed by atoms with Gasteiger partial charge in [0.25, 0.3) is 0 Å².